The molecule has 1 aromatic rings. The first-order valence-corrected chi connectivity index (χ1v) is 5.09. The lowest BCUT2D eigenvalue weighted by molar-refractivity contribution is 0.660. The van der Waals surface area contributed by atoms with Crippen LogP contribution in [-0.2, 0) is 6.54 Å². The molecule has 1 aliphatic carbocycles. The summed E-state index contributed by atoms with van der Waals surface area (Å²) in [5.74, 6) is 1.29. The molecule has 0 aliphatic heterocycles. The van der Waals surface area contributed by atoms with Gasteiger partial charge in [0.15, 0.2) is 0 Å². The molecule has 0 saturated heterocycles. The first-order valence-electron chi connectivity index (χ1n) is 5.09. The van der Waals surface area contributed by atoms with Crippen molar-refractivity contribution in [3.63, 3.8) is 0 Å². The van der Waals surface area contributed by atoms with Gasteiger partial charge in [0, 0.05) is 24.2 Å². The molecule has 4 nitrogen and oxygen atoms in total. The normalized spacial score (nSPS) is 17.5. The summed E-state index contributed by atoms with van der Waals surface area (Å²) >= 11 is 0. The number of rotatable bonds is 2. The Labute approximate surface area is 82.6 Å². The van der Waals surface area contributed by atoms with Gasteiger partial charge in [0.25, 0.3) is 5.56 Å². The fraction of sp³-hybridized carbons (Fsp3) is 0.600. The zero-order chi connectivity index (χ0) is 9.97. The van der Waals surface area contributed by atoms with Crippen LogP contribution in [0.5, 0.6) is 0 Å². The summed E-state index contributed by atoms with van der Waals surface area (Å²) in [4.78, 5) is 18.5. The van der Waals surface area contributed by atoms with E-state index in [0.717, 1.165) is 18.7 Å². The molecule has 0 spiro atoms. The zero-order valence-electron chi connectivity index (χ0n) is 8.12. The minimum atomic E-state index is -0.0793. The lowest BCUT2D eigenvalue weighted by Gasteiger charge is -2.07. The molecule has 0 atom stereocenters. The van der Waals surface area contributed by atoms with Gasteiger partial charge in [0.05, 0.1) is 0 Å². The molecule has 1 heterocycles. The van der Waals surface area contributed by atoms with Gasteiger partial charge < -0.3 is 10.7 Å². The minimum Gasteiger partial charge on any atom is -0.326 e. The first-order chi connectivity index (χ1) is 6.81. The van der Waals surface area contributed by atoms with Crippen molar-refractivity contribution >= 4 is 0 Å². The maximum atomic E-state index is 11.5. The Morgan fingerprint density at radius 2 is 2.21 bits per heavy atom. The first kappa shape index (κ1) is 9.40. The van der Waals surface area contributed by atoms with Gasteiger partial charge in [0.1, 0.15) is 5.82 Å². The third kappa shape index (κ3) is 1.70. The highest BCUT2D eigenvalue weighted by atomic mass is 16.1. The Balaban J connectivity index is 2.27. The van der Waals surface area contributed by atoms with Crippen LogP contribution in [-0.4, -0.2) is 9.97 Å². The van der Waals surface area contributed by atoms with E-state index < -0.39 is 0 Å². The van der Waals surface area contributed by atoms with Crippen LogP contribution in [0.2, 0.25) is 0 Å². The molecule has 1 fully saturated rings. The summed E-state index contributed by atoms with van der Waals surface area (Å²) in [5, 5.41) is 0. The molecule has 0 unspecified atom stereocenters. The van der Waals surface area contributed by atoms with Gasteiger partial charge in [0.2, 0.25) is 0 Å². The Bertz CT molecular complexity index is 366. The van der Waals surface area contributed by atoms with Crippen molar-refractivity contribution in [2.45, 2.75) is 38.1 Å². The lowest BCUT2D eigenvalue weighted by Crippen LogP contribution is -2.19. The minimum absolute atomic E-state index is 0.0793. The quantitative estimate of drug-likeness (QED) is 0.732. The molecule has 76 valence electrons. The summed E-state index contributed by atoms with van der Waals surface area (Å²) in [6.07, 6.45) is 6.38. The van der Waals surface area contributed by atoms with E-state index in [4.69, 9.17) is 5.73 Å². The van der Waals surface area contributed by atoms with Gasteiger partial charge in [-0.2, -0.15) is 0 Å². The van der Waals surface area contributed by atoms with E-state index in [1.165, 1.54) is 12.8 Å². The van der Waals surface area contributed by atoms with Crippen molar-refractivity contribution in [2.75, 3.05) is 0 Å². The SMILES string of the molecule is NCc1cnc(C2CCCC2)[nH]c1=O. The van der Waals surface area contributed by atoms with Gasteiger partial charge in [-0.1, -0.05) is 12.8 Å². The molecule has 0 amide bonds. The van der Waals surface area contributed by atoms with Gasteiger partial charge >= 0.3 is 0 Å². The van der Waals surface area contributed by atoms with Crippen molar-refractivity contribution in [3.05, 3.63) is 27.9 Å². The van der Waals surface area contributed by atoms with Crippen LogP contribution in [0.15, 0.2) is 11.0 Å². The Hall–Kier alpha value is -1.16. The third-order valence-electron chi connectivity index (χ3n) is 2.85. The summed E-state index contributed by atoms with van der Waals surface area (Å²) in [6.45, 7) is 0.257. The zero-order valence-corrected chi connectivity index (χ0v) is 8.12. The average Bonchev–Trinajstić information content (AvgIpc) is 2.70. The van der Waals surface area contributed by atoms with Crippen molar-refractivity contribution in [1.29, 1.82) is 0 Å². The van der Waals surface area contributed by atoms with E-state index in [2.05, 4.69) is 9.97 Å². The smallest absolute Gasteiger partial charge is 0.255 e. The second-order valence-corrected chi connectivity index (χ2v) is 3.81. The van der Waals surface area contributed by atoms with Crippen LogP contribution in [0.25, 0.3) is 0 Å². The van der Waals surface area contributed by atoms with Crippen LogP contribution < -0.4 is 11.3 Å². The number of aromatic amines is 1. The highest BCUT2D eigenvalue weighted by Gasteiger charge is 2.19. The molecule has 3 N–H and O–H groups in total. The second-order valence-electron chi connectivity index (χ2n) is 3.81. The fourth-order valence-electron chi connectivity index (χ4n) is 1.99. The summed E-state index contributed by atoms with van der Waals surface area (Å²) in [6, 6.07) is 0. The van der Waals surface area contributed by atoms with Gasteiger partial charge in [-0.3, -0.25) is 4.79 Å². The fourth-order valence-corrected chi connectivity index (χ4v) is 1.99. The summed E-state index contributed by atoms with van der Waals surface area (Å²) in [5.41, 5.74) is 5.88. The van der Waals surface area contributed by atoms with Crippen LogP contribution in [0.1, 0.15) is 43.0 Å². The Morgan fingerprint density at radius 1 is 1.50 bits per heavy atom. The highest BCUT2D eigenvalue weighted by molar-refractivity contribution is 5.08. The molecular weight excluding hydrogens is 178 g/mol. The topological polar surface area (TPSA) is 71.8 Å². The number of aromatic nitrogens is 2. The van der Waals surface area contributed by atoms with E-state index in [1.807, 2.05) is 0 Å². The molecule has 0 bridgehead atoms. The van der Waals surface area contributed by atoms with Gasteiger partial charge in [-0.05, 0) is 12.8 Å². The molecule has 1 aromatic heterocycles. The number of nitrogens with zero attached hydrogens (tertiary/aromatic N) is 1. The van der Waals surface area contributed by atoms with E-state index in [0.29, 0.717) is 11.5 Å². The van der Waals surface area contributed by atoms with Crippen LogP contribution in [0.3, 0.4) is 0 Å². The maximum Gasteiger partial charge on any atom is 0.255 e. The molecule has 1 aliphatic rings. The number of hydrogen-bond acceptors (Lipinski definition) is 3. The van der Waals surface area contributed by atoms with Gasteiger partial charge in [-0.25, -0.2) is 4.98 Å². The largest absolute Gasteiger partial charge is 0.326 e. The third-order valence-corrected chi connectivity index (χ3v) is 2.85. The predicted molar refractivity (Wildman–Crippen MR) is 54.0 cm³/mol. The number of hydrogen-bond donors (Lipinski definition) is 2. The van der Waals surface area contributed by atoms with Crippen molar-refractivity contribution < 1.29 is 0 Å². The number of nitrogens with two attached hydrogens (primary N) is 1. The van der Waals surface area contributed by atoms with Crippen LogP contribution in [0.4, 0.5) is 0 Å². The monoisotopic (exact) mass is 193 g/mol. The molecule has 2 rings (SSSR count). The molecule has 0 radical (unpaired) electrons. The Morgan fingerprint density at radius 3 is 2.79 bits per heavy atom. The van der Waals surface area contributed by atoms with E-state index in [9.17, 15) is 4.79 Å². The van der Waals surface area contributed by atoms with Gasteiger partial charge in [-0.15, -0.1) is 0 Å². The maximum absolute atomic E-state index is 11.5. The molecule has 0 aromatic carbocycles. The average molecular weight is 193 g/mol. The molecule has 4 heteroatoms. The molecular formula is C10H15N3O. The van der Waals surface area contributed by atoms with E-state index in [-0.39, 0.29) is 12.1 Å². The Kier molecular flexibility index (Phi) is 2.63. The van der Waals surface area contributed by atoms with E-state index in [1.54, 1.807) is 6.20 Å². The van der Waals surface area contributed by atoms with Crippen molar-refractivity contribution in [1.82, 2.24) is 9.97 Å². The van der Waals surface area contributed by atoms with Crippen molar-refractivity contribution in [3.8, 4) is 0 Å². The summed E-state index contributed by atoms with van der Waals surface area (Å²) < 4.78 is 0. The summed E-state index contributed by atoms with van der Waals surface area (Å²) in [7, 11) is 0. The number of H-pyrrole nitrogens is 1. The predicted octanol–water partition coefficient (Wildman–Crippen LogP) is 0.886. The van der Waals surface area contributed by atoms with Crippen LogP contribution in [0, 0.1) is 0 Å². The van der Waals surface area contributed by atoms with Crippen molar-refractivity contribution in [2.24, 2.45) is 5.73 Å². The lowest BCUT2D eigenvalue weighted by atomic mass is 10.1. The number of nitrogens with one attached hydrogen (secondary N) is 1. The van der Waals surface area contributed by atoms with E-state index >= 15 is 0 Å². The highest BCUT2D eigenvalue weighted by Crippen LogP contribution is 2.31. The standard InChI is InChI=1S/C10H15N3O/c11-5-8-6-12-9(13-10(8)14)7-3-1-2-4-7/h6-7H,1-5,11H2,(H,12,13,14). The van der Waals surface area contributed by atoms with Crippen LogP contribution >= 0.6 is 0 Å². The second kappa shape index (κ2) is 3.92. The molecule has 14 heavy (non-hydrogen) atoms. The molecule has 1 saturated carbocycles.